The number of hydrogen-bond donors (Lipinski definition) is 1. The minimum atomic E-state index is -0.744. The molecular formula is C9H16O3S. The van der Waals surface area contributed by atoms with Gasteiger partial charge in [-0.15, -0.1) is 0 Å². The van der Waals surface area contributed by atoms with Gasteiger partial charge in [0.05, 0.1) is 0 Å². The van der Waals surface area contributed by atoms with Crippen molar-refractivity contribution < 1.29 is 14.7 Å². The molecular weight excluding hydrogens is 188 g/mol. The molecule has 0 aromatic heterocycles. The van der Waals surface area contributed by atoms with E-state index in [0.717, 1.165) is 12.2 Å². The lowest BCUT2D eigenvalue weighted by Crippen LogP contribution is -2.02. The number of thioether (sulfide) groups is 1. The molecule has 0 aromatic rings. The summed E-state index contributed by atoms with van der Waals surface area (Å²) in [5, 5.41) is 8.55. The van der Waals surface area contributed by atoms with Crippen molar-refractivity contribution in [1.29, 1.82) is 0 Å². The van der Waals surface area contributed by atoms with E-state index < -0.39 is 5.97 Å². The second kappa shape index (κ2) is 6.95. The van der Waals surface area contributed by atoms with Crippen molar-refractivity contribution in [2.24, 2.45) is 5.92 Å². The smallest absolute Gasteiger partial charge is 0.303 e. The summed E-state index contributed by atoms with van der Waals surface area (Å²) >= 11 is 1.31. The highest BCUT2D eigenvalue weighted by Crippen LogP contribution is 2.14. The van der Waals surface area contributed by atoms with E-state index in [1.165, 1.54) is 11.8 Å². The molecule has 0 amide bonds. The van der Waals surface area contributed by atoms with Crippen LogP contribution in [0.1, 0.15) is 33.1 Å². The van der Waals surface area contributed by atoms with E-state index in [1.54, 1.807) is 6.92 Å². The maximum atomic E-state index is 10.6. The molecule has 0 fully saturated rings. The van der Waals surface area contributed by atoms with E-state index in [0.29, 0.717) is 12.3 Å². The molecule has 0 saturated carbocycles. The minimum Gasteiger partial charge on any atom is -0.481 e. The normalized spacial score (nSPS) is 12.5. The Morgan fingerprint density at radius 3 is 2.46 bits per heavy atom. The number of carbonyl (C=O) groups excluding carboxylic acids is 1. The van der Waals surface area contributed by atoms with E-state index in [4.69, 9.17) is 5.11 Å². The number of aliphatic carboxylic acids is 1. The first-order chi connectivity index (χ1) is 6.02. The van der Waals surface area contributed by atoms with Gasteiger partial charge in [0, 0.05) is 19.1 Å². The lowest BCUT2D eigenvalue weighted by Gasteiger charge is -2.07. The molecule has 0 aliphatic rings. The van der Waals surface area contributed by atoms with Gasteiger partial charge in [-0.1, -0.05) is 18.7 Å². The third-order valence-corrected chi connectivity index (χ3v) is 2.61. The lowest BCUT2D eigenvalue weighted by molar-refractivity contribution is -0.137. The monoisotopic (exact) mass is 204 g/mol. The lowest BCUT2D eigenvalue weighted by atomic mass is 10.0. The van der Waals surface area contributed by atoms with Gasteiger partial charge in [-0.25, -0.2) is 0 Å². The fourth-order valence-electron chi connectivity index (χ4n) is 0.918. The standard InChI is InChI=1S/C9H16O3S/c1-7(3-4-9(11)12)5-6-13-8(2)10/h7H,3-6H2,1-2H3,(H,11,12)/t7-/m0/s1. The highest BCUT2D eigenvalue weighted by molar-refractivity contribution is 8.13. The van der Waals surface area contributed by atoms with Crippen LogP contribution in [0, 0.1) is 5.92 Å². The minimum absolute atomic E-state index is 0.130. The van der Waals surface area contributed by atoms with Crippen LogP contribution < -0.4 is 0 Å². The zero-order valence-corrected chi connectivity index (χ0v) is 8.89. The van der Waals surface area contributed by atoms with Crippen molar-refractivity contribution in [3.8, 4) is 0 Å². The van der Waals surface area contributed by atoms with Gasteiger partial charge in [0.25, 0.3) is 0 Å². The third kappa shape index (κ3) is 9.40. The fraction of sp³-hybridized carbons (Fsp3) is 0.778. The topological polar surface area (TPSA) is 54.4 Å². The molecule has 0 rings (SSSR count). The first kappa shape index (κ1) is 12.5. The van der Waals surface area contributed by atoms with Crippen LogP contribution in [0.3, 0.4) is 0 Å². The zero-order chi connectivity index (χ0) is 10.3. The van der Waals surface area contributed by atoms with Crippen molar-refractivity contribution in [3.05, 3.63) is 0 Å². The quantitative estimate of drug-likeness (QED) is 0.720. The predicted octanol–water partition coefficient (Wildman–Crippen LogP) is 2.16. The van der Waals surface area contributed by atoms with Crippen LogP contribution in [0.5, 0.6) is 0 Å². The molecule has 0 aliphatic heterocycles. The third-order valence-electron chi connectivity index (χ3n) is 1.77. The molecule has 1 atom stereocenters. The maximum absolute atomic E-state index is 10.6. The summed E-state index contributed by atoms with van der Waals surface area (Å²) < 4.78 is 0. The average molecular weight is 204 g/mol. The van der Waals surface area contributed by atoms with E-state index in [2.05, 4.69) is 0 Å². The highest BCUT2D eigenvalue weighted by Gasteiger charge is 2.05. The van der Waals surface area contributed by atoms with Gasteiger partial charge in [-0.05, 0) is 18.8 Å². The number of hydrogen-bond acceptors (Lipinski definition) is 3. The van der Waals surface area contributed by atoms with Gasteiger partial charge in [0.1, 0.15) is 0 Å². The summed E-state index contributed by atoms with van der Waals surface area (Å²) in [6, 6.07) is 0. The zero-order valence-electron chi connectivity index (χ0n) is 8.08. The van der Waals surface area contributed by atoms with Gasteiger partial charge in [-0.2, -0.15) is 0 Å². The molecule has 0 saturated heterocycles. The Morgan fingerprint density at radius 1 is 1.38 bits per heavy atom. The number of carboxylic acid groups (broad SMARTS) is 1. The SMILES string of the molecule is CC(=O)SCC[C@@H](C)CCC(=O)O. The second-order valence-corrected chi connectivity index (χ2v) is 4.44. The Bertz CT molecular complexity index is 180. The summed E-state index contributed by atoms with van der Waals surface area (Å²) in [5.74, 6) is 0.449. The molecule has 0 spiro atoms. The Hall–Kier alpha value is -0.510. The van der Waals surface area contributed by atoms with Crippen LogP contribution in [0.4, 0.5) is 0 Å². The van der Waals surface area contributed by atoms with E-state index >= 15 is 0 Å². The largest absolute Gasteiger partial charge is 0.481 e. The van der Waals surface area contributed by atoms with Crippen molar-refractivity contribution in [3.63, 3.8) is 0 Å². The molecule has 0 heterocycles. The second-order valence-electron chi connectivity index (χ2n) is 3.17. The average Bonchev–Trinajstić information content (AvgIpc) is 2.00. The molecule has 0 unspecified atom stereocenters. The molecule has 13 heavy (non-hydrogen) atoms. The van der Waals surface area contributed by atoms with Crippen molar-refractivity contribution in [2.45, 2.75) is 33.1 Å². The van der Waals surface area contributed by atoms with Crippen molar-refractivity contribution in [2.75, 3.05) is 5.75 Å². The summed E-state index contributed by atoms with van der Waals surface area (Å²) in [7, 11) is 0. The van der Waals surface area contributed by atoms with Gasteiger partial charge < -0.3 is 5.11 Å². The van der Waals surface area contributed by atoms with E-state index in [1.807, 2.05) is 6.92 Å². The molecule has 0 aromatic carbocycles. The fourth-order valence-corrected chi connectivity index (χ4v) is 1.73. The summed E-state index contributed by atoms with van der Waals surface area (Å²) in [5.41, 5.74) is 0. The summed E-state index contributed by atoms with van der Waals surface area (Å²) in [6.07, 6.45) is 1.84. The van der Waals surface area contributed by atoms with E-state index in [-0.39, 0.29) is 11.5 Å². The van der Waals surface area contributed by atoms with Crippen LogP contribution in [-0.2, 0) is 9.59 Å². The molecule has 1 N–H and O–H groups in total. The van der Waals surface area contributed by atoms with Crippen LogP contribution in [-0.4, -0.2) is 21.9 Å². The molecule has 0 bridgehead atoms. The van der Waals surface area contributed by atoms with Crippen LogP contribution in [0.2, 0.25) is 0 Å². The molecule has 0 aliphatic carbocycles. The van der Waals surface area contributed by atoms with Gasteiger partial charge in [0.15, 0.2) is 5.12 Å². The predicted molar refractivity (Wildman–Crippen MR) is 53.8 cm³/mol. The number of carbonyl (C=O) groups is 2. The molecule has 3 nitrogen and oxygen atoms in total. The molecule has 4 heteroatoms. The summed E-state index contributed by atoms with van der Waals surface area (Å²) in [6.45, 7) is 3.57. The van der Waals surface area contributed by atoms with Gasteiger partial charge in [-0.3, -0.25) is 9.59 Å². The molecule has 76 valence electrons. The van der Waals surface area contributed by atoms with Crippen molar-refractivity contribution in [1.82, 2.24) is 0 Å². The first-order valence-electron chi connectivity index (χ1n) is 4.37. The van der Waals surface area contributed by atoms with Gasteiger partial charge in [0.2, 0.25) is 0 Å². The number of carboxylic acids is 1. The first-order valence-corrected chi connectivity index (χ1v) is 5.36. The Balaban J connectivity index is 3.35. The van der Waals surface area contributed by atoms with Crippen LogP contribution >= 0.6 is 11.8 Å². The van der Waals surface area contributed by atoms with E-state index in [9.17, 15) is 9.59 Å². The Morgan fingerprint density at radius 2 is 2.00 bits per heavy atom. The Labute approximate surface area is 82.9 Å². The van der Waals surface area contributed by atoms with Crippen molar-refractivity contribution >= 4 is 22.8 Å². The highest BCUT2D eigenvalue weighted by atomic mass is 32.2. The van der Waals surface area contributed by atoms with Crippen LogP contribution in [0.15, 0.2) is 0 Å². The maximum Gasteiger partial charge on any atom is 0.303 e. The van der Waals surface area contributed by atoms with Gasteiger partial charge >= 0.3 is 5.97 Å². The Kier molecular flexibility index (Phi) is 6.68. The van der Waals surface area contributed by atoms with Crippen LogP contribution in [0.25, 0.3) is 0 Å². The molecule has 0 radical (unpaired) electrons. The number of rotatable bonds is 6. The summed E-state index contributed by atoms with van der Waals surface area (Å²) in [4.78, 5) is 20.8.